The maximum absolute atomic E-state index is 6.28. The first-order chi connectivity index (χ1) is 7.29. The summed E-state index contributed by atoms with van der Waals surface area (Å²) in [5, 5.41) is 0. The SMILES string of the molecule is C=CCCC(N)C1(c2ccccc2)CC1. The van der Waals surface area contributed by atoms with Crippen LogP contribution in [0.4, 0.5) is 0 Å². The first kappa shape index (κ1) is 10.4. The molecule has 1 aliphatic carbocycles. The van der Waals surface area contributed by atoms with Gasteiger partial charge < -0.3 is 5.73 Å². The highest BCUT2D eigenvalue weighted by molar-refractivity contribution is 5.33. The second-order valence-electron chi connectivity index (χ2n) is 4.49. The normalized spacial score (nSPS) is 19.5. The molecule has 0 radical (unpaired) electrons. The van der Waals surface area contributed by atoms with Crippen LogP contribution in [0.3, 0.4) is 0 Å². The zero-order chi connectivity index (χ0) is 10.7. The van der Waals surface area contributed by atoms with Crippen LogP contribution in [-0.2, 0) is 5.41 Å². The van der Waals surface area contributed by atoms with Crippen LogP contribution in [0.1, 0.15) is 31.2 Å². The van der Waals surface area contributed by atoms with Crippen LogP contribution in [0, 0.1) is 0 Å². The van der Waals surface area contributed by atoms with Crippen molar-refractivity contribution >= 4 is 0 Å². The summed E-state index contributed by atoms with van der Waals surface area (Å²) in [7, 11) is 0. The van der Waals surface area contributed by atoms with Gasteiger partial charge in [-0.2, -0.15) is 0 Å². The van der Waals surface area contributed by atoms with Gasteiger partial charge in [0, 0.05) is 11.5 Å². The zero-order valence-electron chi connectivity index (χ0n) is 9.15. The van der Waals surface area contributed by atoms with Crippen molar-refractivity contribution in [3.8, 4) is 0 Å². The van der Waals surface area contributed by atoms with Crippen molar-refractivity contribution in [2.75, 3.05) is 0 Å². The molecule has 0 amide bonds. The molecule has 0 saturated heterocycles. The van der Waals surface area contributed by atoms with E-state index in [0.717, 1.165) is 12.8 Å². The molecule has 1 atom stereocenters. The highest BCUT2D eigenvalue weighted by atomic mass is 14.7. The van der Waals surface area contributed by atoms with E-state index in [-0.39, 0.29) is 11.5 Å². The van der Waals surface area contributed by atoms with Crippen LogP contribution < -0.4 is 5.73 Å². The molecule has 1 aromatic rings. The quantitative estimate of drug-likeness (QED) is 0.728. The molecule has 1 nitrogen and oxygen atoms in total. The van der Waals surface area contributed by atoms with Crippen LogP contribution in [0.25, 0.3) is 0 Å². The van der Waals surface area contributed by atoms with Gasteiger partial charge in [0.2, 0.25) is 0 Å². The lowest BCUT2D eigenvalue weighted by molar-refractivity contribution is 0.488. The van der Waals surface area contributed by atoms with Gasteiger partial charge in [0.05, 0.1) is 0 Å². The number of allylic oxidation sites excluding steroid dienone is 1. The highest BCUT2D eigenvalue weighted by Crippen LogP contribution is 2.51. The van der Waals surface area contributed by atoms with Crippen molar-refractivity contribution < 1.29 is 0 Å². The Morgan fingerprint density at radius 2 is 2.00 bits per heavy atom. The van der Waals surface area contributed by atoms with Crippen molar-refractivity contribution in [3.05, 3.63) is 48.6 Å². The van der Waals surface area contributed by atoms with E-state index in [1.165, 1.54) is 18.4 Å². The molecule has 1 aromatic carbocycles. The van der Waals surface area contributed by atoms with Gasteiger partial charge in [-0.1, -0.05) is 36.4 Å². The third-order valence-corrected chi connectivity index (χ3v) is 3.53. The second kappa shape index (κ2) is 4.19. The van der Waals surface area contributed by atoms with Gasteiger partial charge in [-0.3, -0.25) is 0 Å². The largest absolute Gasteiger partial charge is 0.327 e. The average Bonchev–Trinajstić information content (AvgIpc) is 3.08. The van der Waals surface area contributed by atoms with E-state index in [4.69, 9.17) is 5.73 Å². The maximum atomic E-state index is 6.28. The zero-order valence-corrected chi connectivity index (χ0v) is 9.15. The maximum Gasteiger partial charge on any atom is 0.0139 e. The van der Waals surface area contributed by atoms with Gasteiger partial charge >= 0.3 is 0 Å². The Balaban J connectivity index is 2.10. The molecule has 15 heavy (non-hydrogen) atoms. The molecule has 2 rings (SSSR count). The smallest absolute Gasteiger partial charge is 0.0139 e. The minimum atomic E-state index is 0.282. The Kier molecular flexibility index (Phi) is 2.92. The lowest BCUT2D eigenvalue weighted by atomic mass is 9.86. The standard InChI is InChI=1S/C14H19N/c1-2-3-9-13(15)14(10-11-14)12-7-5-4-6-8-12/h2,4-8,13H,1,3,9-11,15H2. The van der Waals surface area contributed by atoms with Gasteiger partial charge in [-0.25, -0.2) is 0 Å². The molecule has 0 aromatic heterocycles. The first-order valence-corrected chi connectivity index (χ1v) is 5.71. The minimum absolute atomic E-state index is 0.282. The lowest BCUT2D eigenvalue weighted by Crippen LogP contribution is -2.34. The van der Waals surface area contributed by atoms with Crippen LogP contribution in [0.2, 0.25) is 0 Å². The van der Waals surface area contributed by atoms with E-state index in [1.807, 2.05) is 6.08 Å². The first-order valence-electron chi connectivity index (χ1n) is 5.71. The van der Waals surface area contributed by atoms with E-state index in [9.17, 15) is 0 Å². The van der Waals surface area contributed by atoms with Crippen LogP contribution in [-0.4, -0.2) is 6.04 Å². The highest BCUT2D eigenvalue weighted by Gasteiger charge is 2.48. The van der Waals surface area contributed by atoms with Gasteiger partial charge in [-0.05, 0) is 31.2 Å². The summed E-state index contributed by atoms with van der Waals surface area (Å²) in [4.78, 5) is 0. The summed E-state index contributed by atoms with van der Waals surface area (Å²) in [6, 6.07) is 11.0. The van der Waals surface area contributed by atoms with E-state index >= 15 is 0 Å². The van der Waals surface area contributed by atoms with Gasteiger partial charge in [0.25, 0.3) is 0 Å². The Morgan fingerprint density at radius 3 is 2.53 bits per heavy atom. The Bertz CT molecular complexity index is 324. The molecule has 0 spiro atoms. The molecule has 1 unspecified atom stereocenters. The third kappa shape index (κ3) is 1.98. The number of hydrogen-bond acceptors (Lipinski definition) is 1. The third-order valence-electron chi connectivity index (χ3n) is 3.53. The fourth-order valence-corrected chi connectivity index (χ4v) is 2.35. The monoisotopic (exact) mass is 201 g/mol. The second-order valence-corrected chi connectivity index (χ2v) is 4.49. The number of benzene rings is 1. The summed E-state index contributed by atoms with van der Waals surface area (Å²) in [5.74, 6) is 0. The van der Waals surface area contributed by atoms with E-state index in [2.05, 4.69) is 36.9 Å². The molecule has 0 aliphatic heterocycles. The molecule has 2 N–H and O–H groups in total. The van der Waals surface area contributed by atoms with E-state index < -0.39 is 0 Å². The molecule has 0 heterocycles. The van der Waals surface area contributed by atoms with Crippen molar-refractivity contribution in [2.45, 2.75) is 37.1 Å². The van der Waals surface area contributed by atoms with Crippen molar-refractivity contribution in [2.24, 2.45) is 5.73 Å². The lowest BCUT2D eigenvalue weighted by Gasteiger charge is -2.23. The van der Waals surface area contributed by atoms with Gasteiger partial charge in [-0.15, -0.1) is 6.58 Å². The fraction of sp³-hybridized carbons (Fsp3) is 0.429. The average molecular weight is 201 g/mol. The summed E-state index contributed by atoms with van der Waals surface area (Å²) < 4.78 is 0. The Labute approximate surface area is 92.0 Å². The molecule has 1 saturated carbocycles. The van der Waals surface area contributed by atoms with Crippen molar-refractivity contribution in [1.29, 1.82) is 0 Å². The van der Waals surface area contributed by atoms with Crippen LogP contribution >= 0.6 is 0 Å². The molecule has 80 valence electrons. The summed E-state index contributed by atoms with van der Waals surface area (Å²) in [5.41, 5.74) is 7.98. The molecule has 1 heteroatoms. The number of nitrogens with two attached hydrogens (primary N) is 1. The minimum Gasteiger partial charge on any atom is -0.327 e. The summed E-state index contributed by atoms with van der Waals surface area (Å²) in [6.45, 7) is 3.75. The molecule has 0 bridgehead atoms. The summed E-state index contributed by atoms with van der Waals surface area (Å²) >= 11 is 0. The van der Waals surface area contributed by atoms with Gasteiger partial charge in [0.1, 0.15) is 0 Å². The van der Waals surface area contributed by atoms with Crippen molar-refractivity contribution in [1.82, 2.24) is 0 Å². The van der Waals surface area contributed by atoms with Crippen molar-refractivity contribution in [3.63, 3.8) is 0 Å². The number of hydrogen-bond donors (Lipinski definition) is 1. The van der Waals surface area contributed by atoms with Gasteiger partial charge in [0.15, 0.2) is 0 Å². The Hall–Kier alpha value is -1.08. The predicted molar refractivity (Wildman–Crippen MR) is 64.8 cm³/mol. The predicted octanol–water partition coefficient (Wildman–Crippen LogP) is 3.01. The number of rotatable bonds is 5. The fourth-order valence-electron chi connectivity index (χ4n) is 2.35. The summed E-state index contributed by atoms with van der Waals surface area (Å²) in [6.07, 6.45) is 6.53. The van der Waals surface area contributed by atoms with E-state index in [1.54, 1.807) is 0 Å². The molecular weight excluding hydrogens is 182 g/mol. The van der Waals surface area contributed by atoms with Crippen LogP contribution in [0.5, 0.6) is 0 Å². The molecule has 1 aliphatic rings. The van der Waals surface area contributed by atoms with E-state index in [0.29, 0.717) is 0 Å². The van der Waals surface area contributed by atoms with Crippen LogP contribution in [0.15, 0.2) is 43.0 Å². The molecule has 1 fully saturated rings. The Morgan fingerprint density at radius 1 is 1.33 bits per heavy atom. The topological polar surface area (TPSA) is 26.0 Å². The molecular formula is C14H19N.